The van der Waals surface area contributed by atoms with Gasteiger partial charge in [0.15, 0.2) is 11.9 Å². The molecule has 166 valence electrons. The molecule has 9 nitrogen and oxygen atoms in total. The maximum Gasteiger partial charge on any atom is 0.329 e. The van der Waals surface area contributed by atoms with Crippen LogP contribution < -0.4 is 11.2 Å². The lowest BCUT2D eigenvalue weighted by Crippen LogP contribution is -2.42. The highest BCUT2D eigenvalue weighted by Gasteiger charge is 2.34. The maximum atomic E-state index is 13.5. The number of rotatable bonds is 5. The predicted molar refractivity (Wildman–Crippen MR) is 113 cm³/mol. The largest absolute Gasteiger partial charge is 0.350 e. The standard InChI is InChI=1S/C22H28N4O5/c1-2-7-26-18-17(19(27)24-22(26)29)15(12-16(23-18)13-3-4-13)20(28)25-8-5-14(6-9-25)21-30-10-11-31-21/h12-14,21H,2-11H2,1H3,(H,24,27,29). The van der Waals surface area contributed by atoms with Crippen molar-refractivity contribution in [3.63, 3.8) is 0 Å². The van der Waals surface area contributed by atoms with E-state index in [0.29, 0.717) is 50.0 Å². The molecule has 0 atom stereocenters. The topological polar surface area (TPSA) is 107 Å². The van der Waals surface area contributed by atoms with E-state index in [1.807, 2.05) is 6.92 Å². The molecule has 1 saturated carbocycles. The van der Waals surface area contributed by atoms with Gasteiger partial charge in [0.25, 0.3) is 11.5 Å². The van der Waals surface area contributed by atoms with Gasteiger partial charge in [-0.1, -0.05) is 6.92 Å². The fourth-order valence-electron chi connectivity index (χ4n) is 4.68. The van der Waals surface area contributed by atoms with Crippen molar-refractivity contribution < 1.29 is 14.3 Å². The Labute approximate surface area is 179 Å². The highest BCUT2D eigenvalue weighted by Crippen LogP contribution is 2.40. The van der Waals surface area contributed by atoms with Crippen LogP contribution in [0.4, 0.5) is 0 Å². The highest BCUT2D eigenvalue weighted by molar-refractivity contribution is 6.05. The van der Waals surface area contributed by atoms with E-state index < -0.39 is 11.2 Å². The molecule has 1 amide bonds. The molecule has 0 aromatic carbocycles. The van der Waals surface area contributed by atoms with Gasteiger partial charge in [0.1, 0.15) is 0 Å². The van der Waals surface area contributed by atoms with Gasteiger partial charge in [-0.15, -0.1) is 0 Å². The van der Waals surface area contributed by atoms with Gasteiger partial charge >= 0.3 is 5.69 Å². The van der Waals surface area contributed by atoms with Crippen LogP contribution in [0.5, 0.6) is 0 Å². The summed E-state index contributed by atoms with van der Waals surface area (Å²) in [6.07, 6.45) is 4.17. The Morgan fingerprint density at radius 3 is 2.52 bits per heavy atom. The van der Waals surface area contributed by atoms with Crippen molar-refractivity contribution in [1.29, 1.82) is 0 Å². The Balaban J connectivity index is 1.51. The molecule has 0 unspecified atom stereocenters. The summed E-state index contributed by atoms with van der Waals surface area (Å²) in [5.74, 6) is 0.400. The predicted octanol–water partition coefficient (Wildman–Crippen LogP) is 1.60. The lowest BCUT2D eigenvalue weighted by Gasteiger charge is -2.34. The number of nitrogens with one attached hydrogen (secondary N) is 1. The first-order chi connectivity index (χ1) is 15.1. The summed E-state index contributed by atoms with van der Waals surface area (Å²) in [5, 5.41) is 0.215. The van der Waals surface area contributed by atoms with Crippen LogP contribution in [0.15, 0.2) is 15.7 Å². The smallest absolute Gasteiger partial charge is 0.329 e. The summed E-state index contributed by atoms with van der Waals surface area (Å²) in [5.41, 5.74) is 0.452. The Morgan fingerprint density at radius 2 is 1.87 bits per heavy atom. The molecule has 9 heteroatoms. The second kappa shape index (κ2) is 8.20. The Kier molecular flexibility index (Phi) is 5.39. The fraction of sp³-hybridized carbons (Fsp3) is 0.636. The summed E-state index contributed by atoms with van der Waals surface area (Å²) >= 11 is 0. The molecule has 0 radical (unpaired) electrons. The van der Waals surface area contributed by atoms with E-state index in [1.165, 1.54) is 4.57 Å². The molecule has 0 spiro atoms. The third-order valence-electron chi connectivity index (χ3n) is 6.50. The number of hydrogen-bond acceptors (Lipinski definition) is 6. The molecule has 5 rings (SSSR count). The quantitative estimate of drug-likeness (QED) is 0.775. The lowest BCUT2D eigenvalue weighted by atomic mass is 9.95. The molecule has 2 aromatic heterocycles. The molecule has 0 bridgehead atoms. The van der Waals surface area contributed by atoms with Crippen LogP contribution in [0.25, 0.3) is 11.0 Å². The second-order valence-corrected chi connectivity index (χ2v) is 8.72. The number of carbonyl (C=O) groups excluding carboxylic acids is 1. The van der Waals surface area contributed by atoms with Crippen molar-refractivity contribution in [2.75, 3.05) is 26.3 Å². The average molecular weight is 428 g/mol. The number of amides is 1. The summed E-state index contributed by atoms with van der Waals surface area (Å²) in [7, 11) is 0. The van der Waals surface area contributed by atoms with Crippen LogP contribution in [-0.4, -0.2) is 57.9 Å². The van der Waals surface area contributed by atoms with Gasteiger partial charge in [0.2, 0.25) is 0 Å². The zero-order valence-corrected chi connectivity index (χ0v) is 17.8. The molecule has 4 heterocycles. The van der Waals surface area contributed by atoms with Crippen LogP contribution >= 0.6 is 0 Å². The molecule has 3 aliphatic rings. The van der Waals surface area contributed by atoms with Gasteiger partial charge in [0.05, 0.1) is 24.2 Å². The minimum atomic E-state index is -0.548. The number of ether oxygens (including phenoxy) is 2. The molecule has 2 aromatic rings. The normalized spacial score (nSPS) is 20.6. The van der Waals surface area contributed by atoms with Gasteiger partial charge in [-0.3, -0.25) is 19.1 Å². The summed E-state index contributed by atoms with van der Waals surface area (Å²) < 4.78 is 12.7. The number of aromatic nitrogens is 3. The van der Waals surface area contributed by atoms with Gasteiger partial charge in [0, 0.05) is 37.2 Å². The Morgan fingerprint density at radius 1 is 1.16 bits per heavy atom. The summed E-state index contributed by atoms with van der Waals surface area (Å²) in [4.78, 5) is 47.6. The highest BCUT2D eigenvalue weighted by atomic mass is 16.7. The summed E-state index contributed by atoms with van der Waals surface area (Å²) in [6, 6.07) is 1.77. The average Bonchev–Trinajstić information content (AvgIpc) is 3.49. The van der Waals surface area contributed by atoms with Crippen molar-refractivity contribution in [2.45, 2.75) is 57.8 Å². The van der Waals surface area contributed by atoms with E-state index in [-0.39, 0.29) is 23.5 Å². The fourth-order valence-corrected chi connectivity index (χ4v) is 4.68. The van der Waals surface area contributed by atoms with Crippen LogP contribution in [-0.2, 0) is 16.0 Å². The zero-order valence-electron chi connectivity index (χ0n) is 17.8. The second-order valence-electron chi connectivity index (χ2n) is 8.72. The minimum absolute atomic E-state index is 0.173. The van der Waals surface area contributed by atoms with Gasteiger partial charge in [-0.05, 0) is 38.2 Å². The molecule has 2 saturated heterocycles. The Bertz CT molecular complexity index is 1110. The number of piperidine rings is 1. The number of aryl methyl sites for hydroxylation is 1. The molecule has 1 aliphatic carbocycles. The number of carbonyl (C=O) groups is 1. The van der Waals surface area contributed by atoms with Crippen molar-refractivity contribution in [3.05, 3.63) is 38.2 Å². The van der Waals surface area contributed by atoms with Crippen LogP contribution in [0.1, 0.15) is 61.0 Å². The summed E-state index contributed by atoms with van der Waals surface area (Å²) in [6.45, 7) is 4.82. The van der Waals surface area contributed by atoms with Crippen molar-refractivity contribution in [1.82, 2.24) is 19.4 Å². The molecule has 2 aliphatic heterocycles. The van der Waals surface area contributed by atoms with Crippen LogP contribution in [0, 0.1) is 5.92 Å². The van der Waals surface area contributed by atoms with E-state index >= 15 is 0 Å². The number of hydrogen-bond donors (Lipinski definition) is 1. The molecule has 1 N–H and O–H groups in total. The number of pyridine rings is 1. The molecule has 3 fully saturated rings. The molecular weight excluding hydrogens is 400 g/mol. The van der Waals surface area contributed by atoms with E-state index in [9.17, 15) is 14.4 Å². The lowest BCUT2D eigenvalue weighted by molar-refractivity contribution is -0.0956. The van der Waals surface area contributed by atoms with E-state index in [2.05, 4.69) is 9.97 Å². The Hall–Kier alpha value is -2.52. The number of fused-ring (bicyclic) bond motifs is 1. The minimum Gasteiger partial charge on any atom is -0.350 e. The number of nitrogens with zero attached hydrogens (tertiary/aromatic N) is 3. The first kappa shape index (κ1) is 20.4. The van der Waals surface area contributed by atoms with E-state index in [4.69, 9.17) is 9.47 Å². The van der Waals surface area contributed by atoms with Gasteiger partial charge in [-0.2, -0.15) is 0 Å². The molecular formula is C22H28N4O5. The van der Waals surface area contributed by atoms with Crippen molar-refractivity contribution in [3.8, 4) is 0 Å². The van der Waals surface area contributed by atoms with Gasteiger partial charge in [-0.25, -0.2) is 9.78 Å². The van der Waals surface area contributed by atoms with E-state index in [0.717, 1.165) is 37.8 Å². The first-order valence-corrected chi connectivity index (χ1v) is 11.3. The van der Waals surface area contributed by atoms with E-state index in [1.54, 1.807) is 11.0 Å². The van der Waals surface area contributed by atoms with Crippen LogP contribution in [0.2, 0.25) is 0 Å². The van der Waals surface area contributed by atoms with Crippen LogP contribution in [0.3, 0.4) is 0 Å². The number of aromatic amines is 1. The third-order valence-corrected chi connectivity index (χ3v) is 6.50. The van der Waals surface area contributed by atoms with Crippen molar-refractivity contribution >= 4 is 16.9 Å². The third kappa shape index (κ3) is 3.80. The zero-order chi connectivity index (χ0) is 21.5. The molecule has 31 heavy (non-hydrogen) atoms. The first-order valence-electron chi connectivity index (χ1n) is 11.3. The maximum absolute atomic E-state index is 13.5. The van der Waals surface area contributed by atoms with Crippen molar-refractivity contribution in [2.24, 2.45) is 5.92 Å². The van der Waals surface area contributed by atoms with Gasteiger partial charge < -0.3 is 14.4 Å². The number of likely N-dealkylation sites (tertiary alicyclic amines) is 1. The monoisotopic (exact) mass is 428 g/mol. The number of H-pyrrole nitrogens is 1. The SMILES string of the molecule is CCCn1c(=O)[nH]c(=O)c2c(C(=O)N3CCC(C4OCCO4)CC3)cc(C3CC3)nc21.